The molecule has 2 rings (SSSR count). The van der Waals surface area contributed by atoms with E-state index in [1.807, 2.05) is 24.3 Å². The standard InChI is InChI=1S/C17H27N3O5S/c1-24-13-12-20(26(3,22)23)14-17(21)19-10-8-18(9-11-19)15-4-6-16(25-2)7-5-15/h4-7H,8-14H2,1-3H3. The van der Waals surface area contributed by atoms with Crippen LogP contribution in [0, 0.1) is 0 Å². The van der Waals surface area contributed by atoms with Gasteiger partial charge in [0.1, 0.15) is 5.75 Å². The van der Waals surface area contributed by atoms with Gasteiger partial charge in [-0.25, -0.2) is 8.42 Å². The first-order valence-corrected chi connectivity index (χ1v) is 10.3. The van der Waals surface area contributed by atoms with Gasteiger partial charge >= 0.3 is 0 Å². The zero-order chi connectivity index (χ0) is 19.2. The summed E-state index contributed by atoms with van der Waals surface area (Å²) in [5.74, 6) is 0.625. The number of amides is 1. The van der Waals surface area contributed by atoms with E-state index in [9.17, 15) is 13.2 Å². The van der Waals surface area contributed by atoms with Gasteiger partial charge in [0.05, 0.1) is 26.5 Å². The molecule has 1 aliphatic heterocycles. The van der Waals surface area contributed by atoms with E-state index >= 15 is 0 Å². The molecular weight excluding hydrogens is 358 g/mol. The van der Waals surface area contributed by atoms with Crippen molar-refractivity contribution in [2.45, 2.75) is 0 Å². The summed E-state index contributed by atoms with van der Waals surface area (Å²) in [6.45, 7) is 2.81. The number of methoxy groups -OCH3 is 2. The van der Waals surface area contributed by atoms with Crippen LogP contribution in [0.2, 0.25) is 0 Å². The lowest BCUT2D eigenvalue weighted by atomic mass is 10.2. The molecule has 0 saturated carbocycles. The number of piperazine rings is 1. The van der Waals surface area contributed by atoms with Gasteiger partial charge in [-0.15, -0.1) is 0 Å². The number of hydrogen-bond donors (Lipinski definition) is 0. The number of ether oxygens (including phenoxy) is 2. The third-order valence-electron chi connectivity index (χ3n) is 4.40. The zero-order valence-electron chi connectivity index (χ0n) is 15.6. The molecule has 0 unspecified atom stereocenters. The molecule has 26 heavy (non-hydrogen) atoms. The topological polar surface area (TPSA) is 79.4 Å². The second kappa shape index (κ2) is 9.20. The van der Waals surface area contributed by atoms with Gasteiger partial charge in [0.2, 0.25) is 15.9 Å². The molecule has 0 N–H and O–H groups in total. The predicted octanol–water partition coefficient (Wildman–Crippen LogP) is 0.252. The Hall–Kier alpha value is -1.84. The first kappa shape index (κ1) is 20.5. The lowest BCUT2D eigenvalue weighted by molar-refractivity contribution is -0.131. The first-order valence-electron chi connectivity index (χ1n) is 8.46. The molecule has 0 radical (unpaired) electrons. The van der Waals surface area contributed by atoms with Gasteiger partial charge in [0.25, 0.3) is 0 Å². The minimum atomic E-state index is -3.45. The van der Waals surface area contributed by atoms with Gasteiger partial charge in [-0.2, -0.15) is 4.31 Å². The molecule has 1 heterocycles. The van der Waals surface area contributed by atoms with Gasteiger partial charge in [0.15, 0.2) is 0 Å². The second-order valence-electron chi connectivity index (χ2n) is 6.16. The van der Waals surface area contributed by atoms with E-state index in [2.05, 4.69) is 4.90 Å². The van der Waals surface area contributed by atoms with E-state index in [-0.39, 0.29) is 25.6 Å². The quantitative estimate of drug-likeness (QED) is 0.638. The number of carbonyl (C=O) groups excluding carboxylic acids is 1. The summed E-state index contributed by atoms with van der Waals surface area (Å²) in [5, 5.41) is 0. The first-order chi connectivity index (χ1) is 12.3. The SMILES string of the molecule is COCCN(CC(=O)N1CCN(c2ccc(OC)cc2)CC1)S(C)(=O)=O. The van der Waals surface area contributed by atoms with Crippen LogP contribution in [-0.4, -0.2) is 89.9 Å². The van der Waals surface area contributed by atoms with Crippen molar-refractivity contribution in [3.8, 4) is 5.75 Å². The lowest BCUT2D eigenvalue weighted by Crippen LogP contribution is -2.52. The Bertz CT molecular complexity index is 685. The summed E-state index contributed by atoms with van der Waals surface area (Å²) in [5.41, 5.74) is 1.08. The molecule has 0 atom stereocenters. The fourth-order valence-corrected chi connectivity index (χ4v) is 3.56. The van der Waals surface area contributed by atoms with Crippen LogP contribution < -0.4 is 9.64 Å². The van der Waals surface area contributed by atoms with E-state index < -0.39 is 10.0 Å². The molecular formula is C17H27N3O5S. The Morgan fingerprint density at radius 1 is 1.12 bits per heavy atom. The maximum Gasteiger partial charge on any atom is 0.238 e. The van der Waals surface area contributed by atoms with Crippen LogP contribution in [0.15, 0.2) is 24.3 Å². The minimum Gasteiger partial charge on any atom is -0.497 e. The van der Waals surface area contributed by atoms with Gasteiger partial charge < -0.3 is 19.3 Å². The van der Waals surface area contributed by atoms with Crippen molar-refractivity contribution in [3.63, 3.8) is 0 Å². The summed E-state index contributed by atoms with van der Waals surface area (Å²) < 4.78 is 34.9. The number of hydrogen-bond acceptors (Lipinski definition) is 6. The number of carbonyl (C=O) groups is 1. The number of sulfonamides is 1. The molecule has 0 spiro atoms. The van der Waals surface area contributed by atoms with Crippen LogP contribution in [-0.2, 0) is 19.6 Å². The Morgan fingerprint density at radius 2 is 1.73 bits per heavy atom. The molecule has 1 amide bonds. The lowest BCUT2D eigenvalue weighted by Gasteiger charge is -2.36. The average Bonchev–Trinajstić information content (AvgIpc) is 2.64. The fourth-order valence-electron chi connectivity index (χ4n) is 2.81. The largest absolute Gasteiger partial charge is 0.497 e. The molecule has 0 bridgehead atoms. The molecule has 9 heteroatoms. The molecule has 1 saturated heterocycles. The highest BCUT2D eigenvalue weighted by molar-refractivity contribution is 7.88. The van der Waals surface area contributed by atoms with Crippen LogP contribution in [0.4, 0.5) is 5.69 Å². The number of anilines is 1. The summed E-state index contributed by atoms with van der Waals surface area (Å²) >= 11 is 0. The van der Waals surface area contributed by atoms with Crippen molar-refractivity contribution >= 4 is 21.6 Å². The molecule has 146 valence electrons. The van der Waals surface area contributed by atoms with Gasteiger partial charge in [-0.05, 0) is 24.3 Å². The summed E-state index contributed by atoms with van der Waals surface area (Å²) in [4.78, 5) is 16.4. The average molecular weight is 385 g/mol. The maximum atomic E-state index is 12.5. The minimum absolute atomic E-state index is 0.148. The normalized spacial score (nSPS) is 15.4. The van der Waals surface area contributed by atoms with Gasteiger partial charge in [-0.1, -0.05) is 0 Å². The Labute approximate surface area is 155 Å². The number of rotatable bonds is 8. The van der Waals surface area contributed by atoms with E-state index in [1.165, 1.54) is 7.11 Å². The van der Waals surface area contributed by atoms with Crippen molar-refractivity contribution in [2.24, 2.45) is 0 Å². The van der Waals surface area contributed by atoms with Crippen molar-refractivity contribution in [1.29, 1.82) is 0 Å². The Balaban J connectivity index is 1.90. The van der Waals surface area contributed by atoms with E-state index in [0.717, 1.165) is 22.0 Å². The highest BCUT2D eigenvalue weighted by atomic mass is 32.2. The number of nitrogens with zero attached hydrogens (tertiary/aromatic N) is 3. The smallest absolute Gasteiger partial charge is 0.238 e. The molecule has 0 aromatic heterocycles. The number of benzene rings is 1. The van der Waals surface area contributed by atoms with Crippen molar-refractivity contribution in [1.82, 2.24) is 9.21 Å². The van der Waals surface area contributed by atoms with Crippen LogP contribution >= 0.6 is 0 Å². The predicted molar refractivity (Wildman–Crippen MR) is 100 cm³/mol. The van der Waals surface area contributed by atoms with Crippen molar-refractivity contribution in [2.75, 3.05) is 71.3 Å². The summed E-state index contributed by atoms with van der Waals surface area (Å²) in [6.07, 6.45) is 1.11. The van der Waals surface area contributed by atoms with Crippen molar-refractivity contribution < 1.29 is 22.7 Å². The molecule has 8 nitrogen and oxygen atoms in total. The third-order valence-corrected chi connectivity index (χ3v) is 5.65. The van der Waals surface area contributed by atoms with E-state index in [4.69, 9.17) is 9.47 Å². The fraction of sp³-hybridized carbons (Fsp3) is 0.588. The monoisotopic (exact) mass is 385 g/mol. The molecule has 1 aromatic rings. The summed E-state index contributed by atoms with van der Waals surface area (Å²) in [6, 6.07) is 7.80. The third kappa shape index (κ3) is 5.58. The van der Waals surface area contributed by atoms with Crippen LogP contribution in [0.1, 0.15) is 0 Å². The molecule has 1 fully saturated rings. The van der Waals surface area contributed by atoms with Crippen LogP contribution in [0.25, 0.3) is 0 Å². The molecule has 1 aromatic carbocycles. The zero-order valence-corrected chi connectivity index (χ0v) is 16.4. The highest BCUT2D eigenvalue weighted by Gasteiger charge is 2.26. The Morgan fingerprint density at radius 3 is 2.23 bits per heavy atom. The second-order valence-corrected chi connectivity index (χ2v) is 8.14. The Kier molecular flexibility index (Phi) is 7.24. The maximum absolute atomic E-state index is 12.5. The molecule has 0 aliphatic carbocycles. The van der Waals surface area contributed by atoms with Gasteiger partial charge in [-0.3, -0.25) is 4.79 Å². The van der Waals surface area contributed by atoms with E-state index in [0.29, 0.717) is 26.2 Å². The van der Waals surface area contributed by atoms with Gasteiger partial charge in [0, 0.05) is 45.5 Å². The van der Waals surface area contributed by atoms with Crippen molar-refractivity contribution in [3.05, 3.63) is 24.3 Å². The van der Waals surface area contributed by atoms with Crippen LogP contribution in [0.3, 0.4) is 0 Å². The summed E-state index contributed by atoms with van der Waals surface area (Å²) in [7, 11) is -0.316. The van der Waals surface area contributed by atoms with E-state index in [1.54, 1.807) is 12.0 Å². The van der Waals surface area contributed by atoms with Crippen LogP contribution in [0.5, 0.6) is 5.75 Å². The molecule has 1 aliphatic rings. The highest BCUT2D eigenvalue weighted by Crippen LogP contribution is 2.20.